The van der Waals surface area contributed by atoms with Crippen molar-refractivity contribution in [3.05, 3.63) is 60.3 Å². The number of carbonyl (C=O) groups excluding carboxylic acids is 1. The summed E-state index contributed by atoms with van der Waals surface area (Å²) in [4.78, 5) is 14.8. The van der Waals surface area contributed by atoms with E-state index >= 15 is 0 Å². The Morgan fingerprint density at radius 2 is 2.03 bits per heavy atom. The van der Waals surface area contributed by atoms with E-state index in [-0.39, 0.29) is 17.8 Å². The number of aromatic amines is 1. The van der Waals surface area contributed by atoms with E-state index in [4.69, 9.17) is 11.6 Å². The molecular weight excluding hydrogens is 430 g/mol. The number of aliphatic hydroxyl groups is 1. The molecule has 1 saturated heterocycles. The van der Waals surface area contributed by atoms with Crippen molar-refractivity contribution in [3.8, 4) is 17.0 Å². The van der Waals surface area contributed by atoms with E-state index in [1.165, 1.54) is 24.3 Å². The van der Waals surface area contributed by atoms with Gasteiger partial charge in [0.15, 0.2) is 0 Å². The lowest BCUT2D eigenvalue weighted by Gasteiger charge is -2.22. The second kappa shape index (κ2) is 8.52. The maximum atomic E-state index is 12.8. The highest BCUT2D eigenvalue weighted by atomic mass is 35.5. The number of carbonyl (C=O) groups is 1. The molecule has 3 aromatic rings. The highest BCUT2D eigenvalue weighted by Crippen LogP contribution is 2.33. The summed E-state index contributed by atoms with van der Waals surface area (Å²) < 4.78 is 29.7. The van der Waals surface area contributed by atoms with Crippen LogP contribution < -0.4 is 15.0 Å². The number of rotatable bonds is 6. The monoisotopic (exact) mass is 448 g/mol. The molecule has 0 aliphatic carbocycles. The van der Waals surface area contributed by atoms with Crippen LogP contribution in [-0.2, 0) is 0 Å². The average Bonchev–Trinajstić information content (AvgIpc) is 3.40. The Labute approximate surface area is 181 Å². The zero-order valence-electron chi connectivity index (χ0n) is 16.2. The molecule has 1 atom stereocenters. The van der Waals surface area contributed by atoms with E-state index < -0.39 is 5.57 Å². The summed E-state index contributed by atoms with van der Waals surface area (Å²) in [7, 11) is 0. The third-order valence-corrected chi connectivity index (χ3v) is 4.98. The number of anilines is 2. The minimum atomic E-state index is -3.80. The van der Waals surface area contributed by atoms with Gasteiger partial charge in [0, 0.05) is 53.4 Å². The van der Waals surface area contributed by atoms with E-state index in [2.05, 4.69) is 25.2 Å². The van der Waals surface area contributed by atoms with Gasteiger partial charge in [-0.1, -0.05) is 0 Å². The van der Waals surface area contributed by atoms with Crippen molar-refractivity contribution >= 4 is 28.9 Å². The molecule has 0 bridgehead atoms. The summed E-state index contributed by atoms with van der Waals surface area (Å²) in [6.07, 6.45) is 1.92. The zero-order valence-corrected chi connectivity index (χ0v) is 16.9. The van der Waals surface area contributed by atoms with Crippen molar-refractivity contribution in [1.82, 2.24) is 10.2 Å². The van der Waals surface area contributed by atoms with Crippen LogP contribution in [0.25, 0.3) is 11.3 Å². The predicted octanol–water partition coefficient (Wildman–Crippen LogP) is 4.07. The number of H-pyrrole nitrogens is 1. The van der Waals surface area contributed by atoms with Crippen molar-refractivity contribution in [2.45, 2.75) is 18.1 Å². The van der Waals surface area contributed by atoms with Gasteiger partial charge in [-0.3, -0.25) is 9.89 Å². The molecule has 1 amide bonds. The van der Waals surface area contributed by atoms with Gasteiger partial charge in [0.2, 0.25) is 0 Å². The number of aromatic nitrogens is 2. The fourth-order valence-electron chi connectivity index (χ4n) is 3.48. The first-order chi connectivity index (χ1) is 14.8. The molecule has 1 fully saturated rings. The lowest BCUT2D eigenvalue weighted by atomic mass is 10.0. The molecule has 1 aliphatic heterocycles. The van der Waals surface area contributed by atoms with E-state index in [0.29, 0.717) is 30.8 Å². The Balaban J connectivity index is 1.55. The highest BCUT2D eigenvalue weighted by molar-refractivity contribution is 6.20. The Morgan fingerprint density at radius 1 is 1.26 bits per heavy atom. The normalized spacial score (nSPS) is 16.4. The number of halogens is 3. The highest BCUT2D eigenvalue weighted by Gasteiger charge is 2.27. The minimum Gasteiger partial charge on any atom is -0.420 e. The zero-order chi connectivity index (χ0) is 22.0. The standard InChI is InChI=1S/C21H19ClF2N4O3/c22-21(23,24)31-16-4-2-14(3-5-16)26-20(30)13-1-6-19(28-10-8-15(29)12-28)17(11-13)18-7-9-25-27-18/h1-7,9,11,15,29H,8,10,12H2,(H,25,27)(H,26,30)/t15-/m1/s1. The molecule has 0 unspecified atom stereocenters. The summed E-state index contributed by atoms with van der Waals surface area (Å²) in [6, 6.07) is 12.5. The lowest BCUT2D eigenvalue weighted by Crippen LogP contribution is -2.22. The van der Waals surface area contributed by atoms with Crippen LogP contribution in [0.3, 0.4) is 0 Å². The molecule has 7 nitrogen and oxygen atoms in total. The molecular formula is C21H19ClF2N4O3. The van der Waals surface area contributed by atoms with Crippen molar-refractivity contribution in [2.24, 2.45) is 0 Å². The van der Waals surface area contributed by atoms with Crippen LogP contribution in [0.1, 0.15) is 16.8 Å². The number of hydrogen-bond donors (Lipinski definition) is 3. The molecule has 2 heterocycles. The number of ether oxygens (including phenoxy) is 1. The number of nitrogens with zero attached hydrogens (tertiary/aromatic N) is 2. The van der Waals surface area contributed by atoms with Crippen LogP contribution in [0.15, 0.2) is 54.7 Å². The minimum absolute atomic E-state index is 0.128. The van der Waals surface area contributed by atoms with Crippen LogP contribution in [0.5, 0.6) is 5.75 Å². The Morgan fingerprint density at radius 3 is 2.65 bits per heavy atom. The number of benzene rings is 2. The topological polar surface area (TPSA) is 90.5 Å². The maximum absolute atomic E-state index is 12.8. The van der Waals surface area contributed by atoms with Gasteiger partial charge < -0.3 is 20.1 Å². The van der Waals surface area contributed by atoms with Gasteiger partial charge in [0.1, 0.15) is 5.75 Å². The van der Waals surface area contributed by atoms with Crippen LogP contribution in [0.2, 0.25) is 0 Å². The molecule has 1 aromatic heterocycles. The molecule has 3 N–H and O–H groups in total. The summed E-state index contributed by atoms with van der Waals surface area (Å²) in [5, 5.41) is 19.5. The first-order valence-electron chi connectivity index (χ1n) is 9.52. The fraction of sp³-hybridized carbons (Fsp3) is 0.238. The molecule has 162 valence electrons. The SMILES string of the molecule is O=C(Nc1ccc(OC(F)(F)Cl)cc1)c1ccc(N2CC[C@@H](O)C2)c(-c2ccn[nH]2)c1. The second-order valence-corrected chi connectivity index (χ2v) is 7.56. The fourth-order valence-corrected chi connectivity index (χ4v) is 3.57. The van der Waals surface area contributed by atoms with Gasteiger partial charge in [0.25, 0.3) is 5.91 Å². The van der Waals surface area contributed by atoms with Gasteiger partial charge >= 0.3 is 5.57 Å². The molecule has 31 heavy (non-hydrogen) atoms. The number of amides is 1. The van der Waals surface area contributed by atoms with Gasteiger partial charge in [-0.2, -0.15) is 5.10 Å². The number of nitrogens with one attached hydrogen (secondary N) is 2. The molecule has 0 saturated carbocycles. The molecule has 4 rings (SSSR count). The average molecular weight is 449 g/mol. The third-order valence-electron chi connectivity index (χ3n) is 4.90. The quantitative estimate of drug-likeness (QED) is 0.494. The molecule has 0 radical (unpaired) electrons. The summed E-state index contributed by atoms with van der Waals surface area (Å²) >= 11 is 4.75. The van der Waals surface area contributed by atoms with Crippen molar-refractivity contribution in [2.75, 3.05) is 23.3 Å². The van der Waals surface area contributed by atoms with E-state index in [1.54, 1.807) is 24.4 Å². The van der Waals surface area contributed by atoms with Crippen LogP contribution in [0, 0.1) is 0 Å². The Hall–Kier alpha value is -3.17. The summed E-state index contributed by atoms with van der Waals surface area (Å²) in [5.41, 5.74) is -0.574. The first-order valence-corrected chi connectivity index (χ1v) is 9.90. The number of alkyl halides is 3. The predicted molar refractivity (Wildman–Crippen MR) is 113 cm³/mol. The smallest absolute Gasteiger partial charge is 0.420 e. The number of aliphatic hydroxyl groups excluding tert-OH is 1. The largest absolute Gasteiger partial charge is 0.487 e. The van der Waals surface area contributed by atoms with Gasteiger partial charge in [-0.25, -0.2) is 0 Å². The number of hydrogen-bond acceptors (Lipinski definition) is 5. The van der Waals surface area contributed by atoms with Crippen molar-refractivity contribution in [3.63, 3.8) is 0 Å². The molecule has 1 aliphatic rings. The summed E-state index contributed by atoms with van der Waals surface area (Å²) in [6.45, 7) is 1.23. The van der Waals surface area contributed by atoms with Gasteiger partial charge in [-0.15, -0.1) is 8.78 Å². The molecule has 2 aromatic carbocycles. The molecule has 0 spiro atoms. The maximum Gasteiger partial charge on any atom is 0.487 e. The van der Waals surface area contributed by atoms with Gasteiger partial charge in [-0.05, 0) is 55.0 Å². The van der Waals surface area contributed by atoms with Crippen molar-refractivity contribution in [1.29, 1.82) is 0 Å². The second-order valence-electron chi connectivity index (χ2n) is 7.12. The Bertz CT molecular complexity index is 1060. The van der Waals surface area contributed by atoms with Crippen LogP contribution in [0.4, 0.5) is 20.2 Å². The van der Waals surface area contributed by atoms with E-state index in [0.717, 1.165) is 16.9 Å². The third kappa shape index (κ3) is 5.12. The van der Waals surface area contributed by atoms with E-state index in [1.807, 2.05) is 6.07 Å². The van der Waals surface area contributed by atoms with Gasteiger partial charge in [0.05, 0.1) is 11.8 Å². The van der Waals surface area contributed by atoms with Crippen LogP contribution >= 0.6 is 11.6 Å². The van der Waals surface area contributed by atoms with E-state index in [9.17, 15) is 18.7 Å². The molecule has 10 heteroatoms. The number of β-amino-alcohol motifs (C(OH)–C–C–N with tert-alkyl or cyclic N) is 1. The first kappa shape index (κ1) is 21.1. The summed E-state index contributed by atoms with van der Waals surface area (Å²) in [5.74, 6) is -0.498. The van der Waals surface area contributed by atoms with Crippen LogP contribution in [-0.4, -0.2) is 46.0 Å². The Kier molecular flexibility index (Phi) is 5.79. The van der Waals surface area contributed by atoms with Crippen molar-refractivity contribution < 1.29 is 23.4 Å². The lowest BCUT2D eigenvalue weighted by molar-refractivity contribution is -0.0964.